The third kappa shape index (κ3) is 3.00. The predicted octanol–water partition coefficient (Wildman–Crippen LogP) is 1.00. The molecule has 0 atom stereocenters. The smallest absolute Gasteiger partial charge is 0.249 e. The van der Waals surface area contributed by atoms with Crippen LogP contribution in [0.5, 0.6) is 0 Å². The Balaban J connectivity index is 1.52. The molecule has 2 aromatic rings. The second-order valence-corrected chi connectivity index (χ2v) is 6.81. The van der Waals surface area contributed by atoms with Gasteiger partial charge in [-0.15, -0.1) is 10.2 Å². The minimum absolute atomic E-state index is 0.191. The molecule has 0 unspecified atom stereocenters. The molecule has 1 saturated carbocycles. The molecule has 0 saturated heterocycles. The number of aromatic nitrogens is 6. The quantitative estimate of drug-likeness (QED) is 0.824. The highest BCUT2D eigenvalue weighted by molar-refractivity contribution is 5.80. The van der Waals surface area contributed by atoms with E-state index >= 15 is 0 Å². The van der Waals surface area contributed by atoms with Crippen molar-refractivity contribution in [3.05, 3.63) is 23.3 Å². The molecule has 0 N–H and O–H groups in total. The molecule has 25 heavy (non-hydrogen) atoms. The first-order valence-corrected chi connectivity index (χ1v) is 8.36. The van der Waals surface area contributed by atoms with E-state index in [9.17, 15) is 13.6 Å². The Morgan fingerprint density at radius 2 is 2.12 bits per heavy atom. The summed E-state index contributed by atoms with van der Waals surface area (Å²) in [6.07, 6.45) is 1.71. The summed E-state index contributed by atoms with van der Waals surface area (Å²) in [7, 11) is 0. The summed E-state index contributed by atoms with van der Waals surface area (Å²) in [6.45, 7) is 3.87. The molecule has 0 aromatic carbocycles. The fourth-order valence-electron chi connectivity index (χ4n) is 3.40. The first kappa shape index (κ1) is 16.1. The number of carbonyl (C=O) groups excluding carboxylic acids is 1. The van der Waals surface area contributed by atoms with E-state index in [2.05, 4.69) is 20.6 Å². The van der Waals surface area contributed by atoms with Crippen molar-refractivity contribution in [2.45, 2.75) is 51.7 Å². The van der Waals surface area contributed by atoms with Crippen LogP contribution in [0.4, 0.5) is 8.78 Å². The molecule has 0 bridgehead atoms. The van der Waals surface area contributed by atoms with Crippen LogP contribution < -0.4 is 0 Å². The number of hydrogen-bond acceptors (Lipinski definition) is 5. The highest BCUT2D eigenvalue weighted by Gasteiger charge is 2.49. The van der Waals surface area contributed by atoms with Crippen LogP contribution >= 0.6 is 0 Å². The fourth-order valence-corrected chi connectivity index (χ4v) is 3.40. The number of carbonyl (C=O) groups is 1. The summed E-state index contributed by atoms with van der Waals surface area (Å²) in [6, 6.07) is 0. The fraction of sp³-hybridized carbons (Fsp3) is 0.667. The lowest BCUT2D eigenvalue weighted by molar-refractivity contribution is -0.160. The Kier molecular flexibility index (Phi) is 3.77. The molecule has 2 aliphatic rings. The van der Waals surface area contributed by atoms with Gasteiger partial charge >= 0.3 is 0 Å². The van der Waals surface area contributed by atoms with Crippen LogP contribution in [0.1, 0.15) is 36.3 Å². The molecular weight excluding hydrogens is 332 g/mol. The zero-order valence-electron chi connectivity index (χ0n) is 13.9. The largest absolute Gasteiger partial charge is 0.336 e. The van der Waals surface area contributed by atoms with Crippen molar-refractivity contribution in [2.75, 3.05) is 6.54 Å². The molecule has 3 heterocycles. The van der Waals surface area contributed by atoms with Gasteiger partial charge in [-0.25, -0.2) is 18.1 Å². The Hall–Kier alpha value is -2.39. The lowest BCUT2D eigenvalue weighted by Gasteiger charge is -2.36. The maximum atomic E-state index is 13.1. The molecule has 1 aliphatic carbocycles. The molecule has 0 radical (unpaired) electrons. The maximum absolute atomic E-state index is 13.1. The molecule has 4 rings (SSSR count). The van der Waals surface area contributed by atoms with Crippen LogP contribution in [0.3, 0.4) is 0 Å². The first-order chi connectivity index (χ1) is 11.9. The molecule has 2 aromatic heterocycles. The van der Waals surface area contributed by atoms with E-state index in [1.54, 1.807) is 20.5 Å². The summed E-state index contributed by atoms with van der Waals surface area (Å²) >= 11 is 0. The second kappa shape index (κ2) is 5.85. The van der Waals surface area contributed by atoms with Gasteiger partial charge in [0, 0.05) is 31.8 Å². The van der Waals surface area contributed by atoms with Crippen LogP contribution in [-0.2, 0) is 24.4 Å². The minimum atomic E-state index is -2.69. The summed E-state index contributed by atoms with van der Waals surface area (Å²) in [5, 5.41) is 16.3. The van der Waals surface area contributed by atoms with Crippen molar-refractivity contribution in [1.29, 1.82) is 0 Å². The van der Waals surface area contributed by atoms with Crippen LogP contribution in [-0.4, -0.2) is 53.3 Å². The summed E-state index contributed by atoms with van der Waals surface area (Å²) in [5.74, 6) is -3.45. The van der Waals surface area contributed by atoms with Crippen molar-refractivity contribution in [3.8, 4) is 0 Å². The maximum Gasteiger partial charge on any atom is 0.249 e. The Labute approximate surface area is 142 Å². The molecule has 1 fully saturated rings. The van der Waals surface area contributed by atoms with Crippen molar-refractivity contribution < 1.29 is 13.6 Å². The molecule has 8 nitrogen and oxygen atoms in total. The van der Waals surface area contributed by atoms with E-state index in [1.165, 1.54) is 0 Å². The molecule has 134 valence electrons. The second-order valence-electron chi connectivity index (χ2n) is 6.81. The summed E-state index contributed by atoms with van der Waals surface area (Å²) < 4.78 is 29.7. The average molecular weight is 351 g/mol. The molecular formula is C15H19F2N7O. The number of nitrogens with zero attached hydrogens (tertiary/aromatic N) is 7. The van der Waals surface area contributed by atoms with Crippen LogP contribution in [0.2, 0.25) is 0 Å². The zero-order chi connectivity index (χ0) is 17.6. The van der Waals surface area contributed by atoms with Gasteiger partial charge in [-0.1, -0.05) is 10.4 Å². The average Bonchev–Trinajstić information content (AvgIpc) is 3.04. The molecule has 1 aliphatic heterocycles. The monoisotopic (exact) mass is 351 g/mol. The third-order valence-electron chi connectivity index (χ3n) is 4.92. The molecule has 1 amide bonds. The first-order valence-electron chi connectivity index (χ1n) is 8.36. The lowest BCUT2D eigenvalue weighted by Crippen LogP contribution is -2.46. The van der Waals surface area contributed by atoms with Crippen molar-refractivity contribution in [2.24, 2.45) is 5.92 Å². The van der Waals surface area contributed by atoms with E-state index in [0.717, 1.165) is 23.5 Å². The SMILES string of the molecule is Cc1cnnn1Cc1nnn2c1CN(C(=O)C1CC(F)(F)C1)CCC2. The van der Waals surface area contributed by atoms with Gasteiger partial charge in [-0.2, -0.15) is 0 Å². The lowest BCUT2D eigenvalue weighted by atomic mass is 9.80. The van der Waals surface area contributed by atoms with E-state index in [0.29, 0.717) is 26.2 Å². The van der Waals surface area contributed by atoms with Crippen LogP contribution in [0, 0.1) is 12.8 Å². The predicted molar refractivity (Wildman–Crippen MR) is 81.6 cm³/mol. The number of fused-ring (bicyclic) bond motifs is 1. The van der Waals surface area contributed by atoms with Crippen molar-refractivity contribution in [3.63, 3.8) is 0 Å². The highest BCUT2D eigenvalue weighted by atomic mass is 19.3. The number of alkyl halides is 2. The molecule has 0 spiro atoms. The Morgan fingerprint density at radius 3 is 2.80 bits per heavy atom. The van der Waals surface area contributed by atoms with Gasteiger partial charge in [0.05, 0.1) is 30.7 Å². The third-order valence-corrected chi connectivity index (χ3v) is 4.92. The van der Waals surface area contributed by atoms with Gasteiger partial charge in [-0.3, -0.25) is 4.79 Å². The van der Waals surface area contributed by atoms with Gasteiger partial charge in [0.2, 0.25) is 11.8 Å². The van der Waals surface area contributed by atoms with E-state index < -0.39 is 11.8 Å². The Bertz CT molecular complexity index is 792. The number of hydrogen-bond donors (Lipinski definition) is 0. The van der Waals surface area contributed by atoms with E-state index in [1.807, 2.05) is 6.92 Å². The van der Waals surface area contributed by atoms with Crippen molar-refractivity contribution >= 4 is 5.91 Å². The van der Waals surface area contributed by atoms with Crippen LogP contribution in [0.25, 0.3) is 0 Å². The van der Waals surface area contributed by atoms with Crippen molar-refractivity contribution in [1.82, 2.24) is 34.9 Å². The normalized spacial score (nSPS) is 20.0. The summed E-state index contributed by atoms with van der Waals surface area (Å²) in [5.41, 5.74) is 2.47. The number of rotatable bonds is 3. The number of halogens is 2. The highest BCUT2D eigenvalue weighted by Crippen LogP contribution is 2.43. The summed E-state index contributed by atoms with van der Waals surface area (Å²) in [4.78, 5) is 14.2. The molecule has 10 heteroatoms. The minimum Gasteiger partial charge on any atom is -0.336 e. The van der Waals surface area contributed by atoms with Crippen LogP contribution in [0.15, 0.2) is 6.20 Å². The standard InChI is InChI=1S/C15H19F2N7O/c1-10-7-18-20-24(10)8-12-13-9-22(3-2-4-23(13)21-19-12)14(25)11-5-15(16,17)6-11/h7,11H,2-6,8-9H2,1H3. The van der Waals surface area contributed by atoms with E-state index in [-0.39, 0.29) is 18.7 Å². The topological polar surface area (TPSA) is 81.7 Å². The van der Waals surface area contributed by atoms with Gasteiger partial charge in [0.25, 0.3) is 0 Å². The van der Waals surface area contributed by atoms with Gasteiger partial charge in [0.15, 0.2) is 0 Å². The number of aryl methyl sites for hydroxylation is 2. The zero-order valence-corrected chi connectivity index (χ0v) is 13.9. The van der Waals surface area contributed by atoms with Gasteiger partial charge in [-0.05, 0) is 13.3 Å². The number of amides is 1. The Morgan fingerprint density at radius 1 is 1.32 bits per heavy atom. The van der Waals surface area contributed by atoms with E-state index in [4.69, 9.17) is 0 Å². The van der Waals surface area contributed by atoms with Gasteiger partial charge < -0.3 is 4.90 Å². The van der Waals surface area contributed by atoms with Gasteiger partial charge in [0.1, 0.15) is 5.69 Å².